The van der Waals surface area contributed by atoms with Crippen LogP contribution in [0.2, 0.25) is 5.02 Å². The Kier molecular flexibility index (Phi) is 4.77. The number of carbonyl (C=O) groups excluding carboxylic acids is 1. The number of likely N-dealkylation sites (tertiary alicyclic amines) is 1. The summed E-state index contributed by atoms with van der Waals surface area (Å²) in [5.74, 6) is 1.55. The van der Waals surface area contributed by atoms with Crippen LogP contribution in [0.5, 0.6) is 0 Å². The highest BCUT2D eigenvalue weighted by atomic mass is 35.5. The highest BCUT2D eigenvalue weighted by molar-refractivity contribution is 7.98. The number of hydrogen-bond donors (Lipinski definition) is 1. The molecule has 2 saturated heterocycles. The summed E-state index contributed by atoms with van der Waals surface area (Å²) >= 11 is 7.87. The van der Waals surface area contributed by atoms with Gasteiger partial charge >= 0.3 is 0 Å². The van der Waals surface area contributed by atoms with Crippen LogP contribution in [0, 0.1) is 11.8 Å². The summed E-state index contributed by atoms with van der Waals surface area (Å²) in [5, 5.41) is 4.02. The maximum Gasteiger partial charge on any atom is 0.255 e. The summed E-state index contributed by atoms with van der Waals surface area (Å²) in [7, 11) is 0. The highest BCUT2D eigenvalue weighted by Crippen LogP contribution is 2.29. The molecule has 3 nitrogen and oxygen atoms in total. The van der Waals surface area contributed by atoms with Crippen molar-refractivity contribution in [2.24, 2.45) is 11.8 Å². The standard InChI is InChI=1S/C16H21ClN2OS/c1-21-13-2-3-15(17)14(8-13)16(20)19-6-4-11-9-18-10-12(11)5-7-19/h2-3,8,11-12,18H,4-7,9-10H2,1H3/t11-,12+. The molecule has 3 rings (SSSR count). The Bertz CT molecular complexity index is 523. The van der Waals surface area contributed by atoms with Crippen LogP contribution in [-0.4, -0.2) is 43.2 Å². The Morgan fingerprint density at radius 1 is 1.29 bits per heavy atom. The van der Waals surface area contributed by atoms with Crippen molar-refractivity contribution < 1.29 is 4.79 Å². The van der Waals surface area contributed by atoms with E-state index in [2.05, 4.69) is 5.32 Å². The van der Waals surface area contributed by atoms with Gasteiger partial charge < -0.3 is 10.2 Å². The zero-order valence-electron chi connectivity index (χ0n) is 12.3. The number of rotatable bonds is 2. The second kappa shape index (κ2) is 6.59. The van der Waals surface area contributed by atoms with Gasteiger partial charge in [0, 0.05) is 18.0 Å². The van der Waals surface area contributed by atoms with Gasteiger partial charge in [0.2, 0.25) is 0 Å². The Balaban J connectivity index is 1.76. The number of hydrogen-bond acceptors (Lipinski definition) is 3. The molecule has 2 aliphatic heterocycles. The third kappa shape index (κ3) is 3.22. The van der Waals surface area contributed by atoms with Crippen molar-refractivity contribution in [3.8, 4) is 0 Å². The molecule has 2 aliphatic rings. The maximum atomic E-state index is 12.8. The molecule has 0 unspecified atom stereocenters. The van der Waals surface area contributed by atoms with Crippen molar-refractivity contribution in [1.29, 1.82) is 0 Å². The minimum Gasteiger partial charge on any atom is -0.339 e. The van der Waals surface area contributed by atoms with Crippen LogP contribution in [0.4, 0.5) is 0 Å². The lowest BCUT2D eigenvalue weighted by atomic mass is 9.92. The van der Waals surface area contributed by atoms with Crippen molar-refractivity contribution in [2.75, 3.05) is 32.4 Å². The summed E-state index contributed by atoms with van der Waals surface area (Å²) < 4.78 is 0. The molecular weight excluding hydrogens is 304 g/mol. The third-order valence-corrected chi connectivity index (χ3v) is 5.77. The van der Waals surface area contributed by atoms with Crippen LogP contribution in [0.1, 0.15) is 23.2 Å². The normalized spacial score (nSPS) is 25.5. The first-order valence-electron chi connectivity index (χ1n) is 7.52. The van der Waals surface area contributed by atoms with Crippen molar-refractivity contribution >= 4 is 29.3 Å². The fourth-order valence-electron chi connectivity index (χ4n) is 3.39. The molecule has 1 amide bonds. The number of amides is 1. The number of thioether (sulfide) groups is 1. The Hall–Kier alpha value is -0.710. The van der Waals surface area contributed by atoms with E-state index < -0.39 is 0 Å². The van der Waals surface area contributed by atoms with E-state index in [0.717, 1.165) is 55.8 Å². The fourth-order valence-corrected chi connectivity index (χ4v) is 4.03. The van der Waals surface area contributed by atoms with Crippen LogP contribution in [-0.2, 0) is 0 Å². The quantitative estimate of drug-likeness (QED) is 0.848. The Morgan fingerprint density at radius 3 is 2.57 bits per heavy atom. The smallest absolute Gasteiger partial charge is 0.255 e. The van der Waals surface area contributed by atoms with Crippen molar-refractivity contribution in [1.82, 2.24) is 10.2 Å². The van der Waals surface area contributed by atoms with Crippen LogP contribution in [0.25, 0.3) is 0 Å². The van der Waals surface area contributed by atoms with Gasteiger partial charge in [0.05, 0.1) is 10.6 Å². The van der Waals surface area contributed by atoms with Gasteiger partial charge in [-0.15, -0.1) is 11.8 Å². The molecule has 0 aromatic heterocycles. The molecule has 0 aliphatic carbocycles. The van der Waals surface area contributed by atoms with Crippen molar-refractivity contribution in [3.05, 3.63) is 28.8 Å². The zero-order valence-corrected chi connectivity index (χ0v) is 13.8. The van der Waals surface area contributed by atoms with Gasteiger partial charge in [-0.3, -0.25) is 4.79 Å². The van der Waals surface area contributed by atoms with Gasteiger partial charge in [-0.25, -0.2) is 0 Å². The van der Waals surface area contributed by atoms with Gasteiger partial charge in [-0.1, -0.05) is 11.6 Å². The van der Waals surface area contributed by atoms with E-state index in [9.17, 15) is 4.79 Å². The molecule has 0 bridgehead atoms. The predicted octanol–water partition coefficient (Wildman–Crippen LogP) is 3.13. The molecule has 0 saturated carbocycles. The molecule has 5 heteroatoms. The summed E-state index contributed by atoms with van der Waals surface area (Å²) in [6.07, 6.45) is 4.21. The molecule has 2 fully saturated rings. The van der Waals surface area contributed by atoms with Gasteiger partial charge in [-0.2, -0.15) is 0 Å². The van der Waals surface area contributed by atoms with E-state index in [1.54, 1.807) is 11.8 Å². The first-order chi connectivity index (χ1) is 10.2. The monoisotopic (exact) mass is 324 g/mol. The molecule has 2 atom stereocenters. The minimum absolute atomic E-state index is 0.0869. The first kappa shape index (κ1) is 15.2. The lowest BCUT2D eigenvalue weighted by Crippen LogP contribution is -2.33. The average molecular weight is 325 g/mol. The number of fused-ring (bicyclic) bond motifs is 1. The topological polar surface area (TPSA) is 32.3 Å². The van der Waals surface area contributed by atoms with Gasteiger partial charge in [0.15, 0.2) is 0 Å². The largest absolute Gasteiger partial charge is 0.339 e. The van der Waals surface area contributed by atoms with Gasteiger partial charge in [0.1, 0.15) is 0 Å². The summed E-state index contributed by atoms with van der Waals surface area (Å²) in [6, 6.07) is 5.71. The van der Waals surface area contributed by atoms with Crippen molar-refractivity contribution in [3.63, 3.8) is 0 Å². The fraction of sp³-hybridized carbons (Fsp3) is 0.562. The number of halogens is 1. The van der Waals surface area contributed by atoms with E-state index in [-0.39, 0.29) is 5.91 Å². The summed E-state index contributed by atoms with van der Waals surface area (Å²) in [6.45, 7) is 3.91. The third-order valence-electron chi connectivity index (χ3n) is 4.71. The lowest BCUT2D eigenvalue weighted by molar-refractivity contribution is 0.0758. The predicted molar refractivity (Wildman–Crippen MR) is 88.2 cm³/mol. The molecule has 2 heterocycles. The maximum absolute atomic E-state index is 12.8. The molecule has 0 spiro atoms. The van der Waals surface area contributed by atoms with E-state index in [1.807, 2.05) is 29.4 Å². The molecule has 114 valence electrons. The summed E-state index contributed by atoms with van der Waals surface area (Å²) in [5.41, 5.74) is 0.647. The number of nitrogens with one attached hydrogen (secondary N) is 1. The highest BCUT2D eigenvalue weighted by Gasteiger charge is 2.32. The Morgan fingerprint density at radius 2 is 1.95 bits per heavy atom. The van der Waals surface area contributed by atoms with E-state index in [1.165, 1.54) is 0 Å². The molecule has 1 aromatic carbocycles. The Labute approximate surface area is 135 Å². The number of nitrogens with zero attached hydrogens (tertiary/aromatic N) is 1. The van der Waals surface area contributed by atoms with Crippen molar-refractivity contribution in [2.45, 2.75) is 17.7 Å². The van der Waals surface area contributed by atoms with Gasteiger partial charge in [-0.05, 0) is 62.2 Å². The zero-order chi connectivity index (χ0) is 14.8. The second-order valence-corrected chi connectivity index (χ2v) is 7.18. The van der Waals surface area contributed by atoms with E-state index in [0.29, 0.717) is 10.6 Å². The second-order valence-electron chi connectivity index (χ2n) is 5.89. The number of carbonyl (C=O) groups is 1. The van der Waals surface area contributed by atoms with Crippen LogP contribution >= 0.6 is 23.4 Å². The minimum atomic E-state index is 0.0869. The van der Waals surface area contributed by atoms with E-state index >= 15 is 0 Å². The molecule has 21 heavy (non-hydrogen) atoms. The van der Waals surface area contributed by atoms with Crippen LogP contribution < -0.4 is 5.32 Å². The SMILES string of the molecule is CSc1ccc(Cl)c(C(=O)N2CC[C@@H]3CNC[C@@H]3CC2)c1. The molecule has 1 N–H and O–H groups in total. The molecular formula is C16H21ClN2OS. The molecule has 1 aromatic rings. The van der Waals surface area contributed by atoms with E-state index in [4.69, 9.17) is 11.6 Å². The van der Waals surface area contributed by atoms with Crippen LogP contribution in [0.15, 0.2) is 23.1 Å². The van der Waals surface area contributed by atoms with Gasteiger partial charge in [0.25, 0.3) is 5.91 Å². The number of benzene rings is 1. The first-order valence-corrected chi connectivity index (χ1v) is 9.13. The average Bonchev–Trinajstić information content (AvgIpc) is 2.86. The van der Waals surface area contributed by atoms with Crippen LogP contribution in [0.3, 0.4) is 0 Å². The molecule has 0 radical (unpaired) electrons. The lowest BCUT2D eigenvalue weighted by Gasteiger charge is -2.21. The summed E-state index contributed by atoms with van der Waals surface area (Å²) in [4.78, 5) is 15.8.